The van der Waals surface area contributed by atoms with Crippen LogP contribution >= 0.6 is 0 Å². The molecule has 0 spiro atoms. The van der Waals surface area contributed by atoms with Crippen molar-refractivity contribution in [3.8, 4) is 0 Å². The van der Waals surface area contributed by atoms with Crippen LogP contribution in [0.2, 0.25) is 0 Å². The monoisotopic (exact) mass is 465 g/mol. The van der Waals surface area contributed by atoms with Crippen molar-refractivity contribution in [3.05, 3.63) is 65.7 Å². The Hall–Kier alpha value is -3.27. The van der Waals surface area contributed by atoms with Crippen molar-refractivity contribution in [2.75, 3.05) is 18.1 Å². The van der Waals surface area contributed by atoms with Gasteiger partial charge in [-0.25, -0.2) is 4.79 Å². The SMILES string of the molecule is CCOC(=O)[C@@H]1[C@H](c2ccc(N(CC)Cc3ccccc3)cc2)NC(=O)N[C@@]1(O)C(F)(F)F. The summed E-state index contributed by atoms with van der Waals surface area (Å²) in [5, 5.41) is 14.2. The third-order valence-electron chi connectivity index (χ3n) is 5.56. The summed E-state index contributed by atoms with van der Waals surface area (Å²) in [6, 6.07) is 13.5. The Kier molecular flexibility index (Phi) is 7.16. The Morgan fingerprint density at radius 1 is 1.12 bits per heavy atom. The number of ether oxygens (including phenoxy) is 1. The molecule has 3 rings (SSSR count). The van der Waals surface area contributed by atoms with Gasteiger partial charge in [0.1, 0.15) is 5.92 Å². The molecule has 1 heterocycles. The van der Waals surface area contributed by atoms with E-state index in [1.807, 2.05) is 37.3 Å². The Morgan fingerprint density at radius 3 is 2.30 bits per heavy atom. The molecule has 178 valence electrons. The lowest BCUT2D eigenvalue weighted by Gasteiger charge is -2.44. The Morgan fingerprint density at radius 2 is 1.76 bits per heavy atom. The second-order valence-corrected chi connectivity index (χ2v) is 7.66. The number of nitrogens with zero attached hydrogens (tertiary/aromatic N) is 1. The average molecular weight is 465 g/mol. The number of rotatable bonds is 7. The normalized spacial score (nSPS) is 22.8. The van der Waals surface area contributed by atoms with Gasteiger partial charge >= 0.3 is 18.2 Å². The van der Waals surface area contributed by atoms with E-state index in [1.165, 1.54) is 24.4 Å². The number of carbonyl (C=O) groups excluding carboxylic acids is 2. The summed E-state index contributed by atoms with van der Waals surface area (Å²) in [5.41, 5.74) is -1.66. The van der Waals surface area contributed by atoms with Gasteiger partial charge in [0.2, 0.25) is 0 Å². The van der Waals surface area contributed by atoms with E-state index in [9.17, 15) is 27.9 Å². The van der Waals surface area contributed by atoms with Gasteiger partial charge in [-0.15, -0.1) is 0 Å². The lowest BCUT2D eigenvalue weighted by molar-refractivity contribution is -0.294. The fourth-order valence-corrected chi connectivity index (χ4v) is 3.90. The van der Waals surface area contributed by atoms with Crippen LogP contribution in [0.1, 0.15) is 31.0 Å². The van der Waals surface area contributed by atoms with E-state index in [2.05, 4.69) is 10.2 Å². The average Bonchev–Trinajstić information content (AvgIpc) is 2.77. The number of anilines is 1. The highest BCUT2D eigenvalue weighted by molar-refractivity contribution is 5.83. The maximum Gasteiger partial charge on any atom is 0.437 e. The van der Waals surface area contributed by atoms with Crippen LogP contribution in [0.4, 0.5) is 23.7 Å². The lowest BCUT2D eigenvalue weighted by atomic mass is 9.82. The van der Waals surface area contributed by atoms with Crippen LogP contribution in [0.3, 0.4) is 0 Å². The molecule has 1 aliphatic heterocycles. The summed E-state index contributed by atoms with van der Waals surface area (Å²) in [5.74, 6) is -3.43. The molecule has 1 saturated heterocycles. The number of aliphatic hydroxyl groups is 1. The predicted octanol–water partition coefficient (Wildman–Crippen LogP) is 3.50. The van der Waals surface area contributed by atoms with Crippen LogP contribution in [0.25, 0.3) is 0 Å². The summed E-state index contributed by atoms with van der Waals surface area (Å²) in [4.78, 5) is 26.6. The number of halogens is 3. The van der Waals surface area contributed by atoms with Crippen LogP contribution in [0.5, 0.6) is 0 Å². The highest BCUT2D eigenvalue weighted by Crippen LogP contribution is 2.43. The number of hydrogen-bond donors (Lipinski definition) is 3. The summed E-state index contributed by atoms with van der Waals surface area (Å²) < 4.78 is 46.1. The summed E-state index contributed by atoms with van der Waals surface area (Å²) >= 11 is 0. The van der Waals surface area contributed by atoms with Gasteiger partial charge in [-0.3, -0.25) is 4.79 Å². The zero-order chi connectivity index (χ0) is 24.2. The van der Waals surface area contributed by atoms with Crippen molar-refractivity contribution < 1.29 is 32.6 Å². The number of carbonyl (C=O) groups is 2. The highest BCUT2D eigenvalue weighted by Gasteiger charge is 2.67. The number of amides is 2. The van der Waals surface area contributed by atoms with Gasteiger partial charge in [-0.05, 0) is 37.1 Å². The molecule has 2 amide bonds. The van der Waals surface area contributed by atoms with Crippen molar-refractivity contribution in [1.82, 2.24) is 10.6 Å². The first-order valence-electron chi connectivity index (χ1n) is 10.5. The first-order valence-corrected chi connectivity index (χ1v) is 10.5. The van der Waals surface area contributed by atoms with Crippen LogP contribution in [-0.4, -0.2) is 42.2 Å². The minimum Gasteiger partial charge on any atom is -0.466 e. The van der Waals surface area contributed by atoms with E-state index < -0.39 is 35.9 Å². The van der Waals surface area contributed by atoms with Crippen LogP contribution in [0.15, 0.2) is 54.6 Å². The molecule has 1 fully saturated rings. The molecule has 3 atom stereocenters. The van der Waals surface area contributed by atoms with Gasteiger partial charge in [0.05, 0.1) is 12.6 Å². The molecule has 2 aromatic rings. The lowest BCUT2D eigenvalue weighted by Crippen LogP contribution is -2.73. The van der Waals surface area contributed by atoms with Gasteiger partial charge in [-0.1, -0.05) is 42.5 Å². The molecule has 0 bridgehead atoms. The van der Waals surface area contributed by atoms with Gasteiger partial charge in [-0.2, -0.15) is 13.2 Å². The first-order chi connectivity index (χ1) is 15.6. The van der Waals surface area contributed by atoms with Gasteiger partial charge in [0.15, 0.2) is 0 Å². The summed E-state index contributed by atoms with van der Waals surface area (Å²) in [7, 11) is 0. The zero-order valence-electron chi connectivity index (χ0n) is 18.2. The quantitative estimate of drug-likeness (QED) is 0.545. The molecule has 7 nitrogen and oxygen atoms in total. The molecular formula is C23H26F3N3O4. The fourth-order valence-electron chi connectivity index (χ4n) is 3.90. The molecule has 3 N–H and O–H groups in total. The second kappa shape index (κ2) is 9.70. The van der Waals surface area contributed by atoms with Crippen molar-refractivity contribution in [1.29, 1.82) is 0 Å². The number of nitrogens with one attached hydrogen (secondary N) is 2. The molecule has 0 aliphatic carbocycles. The molecule has 33 heavy (non-hydrogen) atoms. The molecule has 10 heteroatoms. The van der Waals surface area contributed by atoms with E-state index in [-0.39, 0.29) is 12.2 Å². The fraction of sp³-hybridized carbons (Fsp3) is 0.391. The molecule has 2 aromatic carbocycles. The topological polar surface area (TPSA) is 90.9 Å². The van der Waals surface area contributed by atoms with Gasteiger partial charge in [0.25, 0.3) is 5.72 Å². The predicted molar refractivity (Wildman–Crippen MR) is 115 cm³/mol. The van der Waals surface area contributed by atoms with Crippen LogP contribution < -0.4 is 15.5 Å². The number of benzene rings is 2. The van der Waals surface area contributed by atoms with E-state index in [1.54, 1.807) is 12.1 Å². The Labute approximate surface area is 189 Å². The number of hydrogen-bond acceptors (Lipinski definition) is 5. The maximum atomic E-state index is 13.8. The van der Waals surface area contributed by atoms with Crippen molar-refractivity contribution in [2.24, 2.45) is 5.92 Å². The van der Waals surface area contributed by atoms with Crippen LogP contribution in [0, 0.1) is 5.92 Å². The smallest absolute Gasteiger partial charge is 0.437 e. The van der Waals surface area contributed by atoms with Crippen molar-refractivity contribution in [2.45, 2.75) is 38.3 Å². The third-order valence-corrected chi connectivity index (χ3v) is 5.56. The summed E-state index contributed by atoms with van der Waals surface area (Å²) in [6.07, 6.45) is -5.31. The van der Waals surface area contributed by atoms with E-state index in [4.69, 9.17) is 4.74 Å². The molecule has 0 aromatic heterocycles. The van der Waals surface area contributed by atoms with Crippen molar-refractivity contribution in [3.63, 3.8) is 0 Å². The van der Waals surface area contributed by atoms with E-state index >= 15 is 0 Å². The van der Waals surface area contributed by atoms with Gasteiger partial charge < -0.3 is 25.4 Å². The molecule has 0 unspecified atom stereocenters. The molecule has 0 radical (unpaired) electrons. The van der Waals surface area contributed by atoms with E-state index in [0.717, 1.165) is 11.3 Å². The first kappa shape index (κ1) is 24.4. The van der Waals surface area contributed by atoms with Crippen LogP contribution in [-0.2, 0) is 16.1 Å². The minimum absolute atomic E-state index is 0.187. The largest absolute Gasteiger partial charge is 0.466 e. The molecule has 1 aliphatic rings. The highest BCUT2D eigenvalue weighted by atomic mass is 19.4. The number of esters is 1. The van der Waals surface area contributed by atoms with Crippen molar-refractivity contribution >= 4 is 17.7 Å². The second-order valence-electron chi connectivity index (χ2n) is 7.66. The zero-order valence-corrected chi connectivity index (χ0v) is 18.2. The minimum atomic E-state index is -5.31. The molecule has 0 saturated carbocycles. The number of urea groups is 1. The Bertz CT molecular complexity index is 969. The molecular weight excluding hydrogens is 439 g/mol. The Balaban J connectivity index is 1.93. The third kappa shape index (κ3) is 5.05. The maximum absolute atomic E-state index is 13.8. The summed E-state index contributed by atoms with van der Waals surface area (Å²) in [6.45, 7) is 4.53. The standard InChI is InChI=1S/C23H26F3N3O4/c1-3-29(14-15-8-6-5-7-9-15)17-12-10-16(11-13-17)19-18(20(30)33-4-2)22(32,23(24,25)26)28-21(31)27-19/h5-13,18-19,32H,3-4,14H2,1-2H3,(H2,27,28,31)/t18-,19-,22-/m0/s1. The number of alkyl halides is 3. The van der Waals surface area contributed by atoms with E-state index in [0.29, 0.717) is 13.1 Å². The van der Waals surface area contributed by atoms with Gasteiger partial charge in [0, 0.05) is 18.8 Å².